The quantitative estimate of drug-likeness (QED) is 0.863. The fourth-order valence-corrected chi connectivity index (χ4v) is 3.58. The average Bonchev–Trinajstić information content (AvgIpc) is 3.30. The van der Waals surface area contributed by atoms with Gasteiger partial charge in [0.05, 0.1) is 25.2 Å². The summed E-state index contributed by atoms with van der Waals surface area (Å²) < 4.78 is 37.6. The minimum absolute atomic E-state index is 0.0438. The molecule has 21 heavy (non-hydrogen) atoms. The second-order valence-electron chi connectivity index (χ2n) is 5.21. The van der Waals surface area contributed by atoms with Crippen LogP contribution in [0.25, 0.3) is 0 Å². The Morgan fingerprint density at radius 1 is 1.29 bits per heavy atom. The third kappa shape index (κ3) is 3.12. The fourth-order valence-electron chi connectivity index (χ4n) is 2.18. The maximum Gasteiger partial charge on any atom is 0.242 e. The normalized spacial score (nSPS) is 17.6. The number of benzene rings is 1. The molecule has 0 bridgehead atoms. The first-order valence-corrected chi connectivity index (χ1v) is 8.02. The molecule has 1 N–H and O–H groups in total. The number of rotatable bonds is 6. The zero-order valence-corrected chi connectivity index (χ0v) is 13.0. The van der Waals surface area contributed by atoms with E-state index < -0.39 is 15.6 Å². The first-order valence-electron chi connectivity index (χ1n) is 6.53. The molecule has 0 aromatic heterocycles. The number of nitrogens with zero attached hydrogens (tertiary/aromatic N) is 1. The predicted octanol–water partition coefficient (Wildman–Crippen LogP) is 1.67. The molecule has 1 atom stereocenters. The highest BCUT2D eigenvalue weighted by Gasteiger charge is 2.44. The number of nitrogens with one attached hydrogen (secondary N) is 1. The summed E-state index contributed by atoms with van der Waals surface area (Å²) in [5.74, 6) is 0.838. The lowest BCUT2D eigenvalue weighted by atomic mass is 10.0. The highest BCUT2D eigenvalue weighted by molar-refractivity contribution is 7.89. The fraction of sp³-hybridized carbons (Fsp3) is 0.500. The molecule has 0 aliphatic heterocycles. The van der Waals surface area contributed by atoms with Crippen LogP contribution in [0.15, 0.2) is 23.1 Å². The molecule has 1 aromatic rings. The summed E-state index contributed by atoms with van der Waals surface area (Å²) >= 11 is 0. The Kier molecular flexibility index (Phi) is 4.12. The lowest BCUT2D eigenvalue weighted by Gasteiger charge is -2.22. The maximum absolute atomic E-state index is 12.4. The number of methoxy groups -OCH3 is 2. The summed E-state index contributed by atoms with van der Waals surface area (Å²) in [5, 5.41) is 9.27. The zero-order chi connectivity index (χ0) is 15.7. The number of nitriles is 1. The molecule has 0 radical (unpaired) electrons. The molecule has 114 valence electrons. The van der Waals surface area contributed by atoms with Crippen molar-refractivity contribution in [3.63, 3.8) is 0 Å². The van der Waals surface area contributed by atoms with Crippen LogP contribution >= 0.6 is 0 Å². The molecular weight excluding hydrogens is 292 g/mol. The smallest absolute Gasteiger partial charge is 0.242 e. The van der Waals surface area contributed by atoms with E-state index in [4.69, 9.17) is 9.47 Å². The van der Waals surface area contributed by atoms with E-state index in [0.29, 0.717) is 11.5 Å². The minimum Gasteiger partial charge on any atom is -0.493 e. The van der Waals surface area contributed by atoms with Crippen LogP contribution in [0.2, 0.25) is 0 Å². The van der Waals surface area contributed by atoms with Crippen LogP contribution in [0, 0.1) is 17.2 Å². The Balaban J connectivity index is 2.34. The van der Waals surface area contributed by atoms with Crippen LogP contribution in [0.4, 0.5) is 0 Å². The molecule has 1 aliphatic carbocycles. The van der Waals surface area contributed by atoms with Gasteiger partial charge in [-0.15, -0.1) is 0 Å². The van der Waals surface area contributed by atoms with E-state index in [9.17, 15) is 13.7 Å². The molecule has 0 saturated heterocycles. The van der Waals surface area contributed by atoms with Crippen molar-refractivity contribution in [3.8, 4) is 17.6 Å². The van der Waals surface area contributed by atoms with Crippen molar-refractivity contribution in [2.45, 2.75) is 30.2 Å². The van der Waals surface area contributed by atoms with Crippen LogP contribution < -0.4 is 14.2 Å². The molecule has 0 amide bonds. The van der Waals surface area contributed by atoms with E-state index >= 15 is 0 Å². The number of sulfonamides is 1. The van der Waals surface area contributed by atoms with E-state index in [1.54, 1.807) is 6.92 Å². The maximum atomic E-state index is 12.4. The van der Waals surface area contributed by atoms with Crippen molar-refractivity contribution in [2.75, 3.05) is 14.2 Å². The van der Waals surface area contributed by atoms with Crippen molar-refractivity contribution < 1.29 is 17.9 Å². The molecule has 7 heteroatoms. The third-order valence-electron chi connectivity index (χ3n) is 3.64. The number of hydrogen-bond acceptors (Lipinski definition) is 5. The molecule has 0 spiro atoms. The van der Waals surface area contributed by atoms with E-state index in [-0.39, 0.29) is 10.8 Å². The molecule has 0 unspecified atom stereocenters. The van der Waals surface area contributed by atoms with Gasteiger partial charge in [0.15, 0.2) is 11.5 Å². The molecule has 1 aliphatic rings. The van der Waals surface area contributed by atoms with Crippen LogP contribution in [0.1, 0.15) is 19.8 Å². The molecule has 2 rings (SSSR count). The predicted molar refractivity (Wildman–Crippen MR) is 76.6 cm³/mol. The van der Waals surface area contributed by atoms with Gasteiger partial charge in [-0.1, -0.05) is 0 Å². The summed E-state index contributed by atoms with van der Waals surface area (Å²) in [7, 11) is -0.889. The molecule has 6 nitrogen and oxygen atoms in total. The van der Waals surface area contributed by atoms with Crippen molar-refractivity contribution in [1.29, 1.82) is 5.26 Å². The standard InChI is InChI=1S/C14H18N2O4S/c1-14(9-15,10-4-5-10)16-21(17,18)11-6-7-12(19-2)13(8-11)20-3/h6-8,10,16H,4-5H2,1-3H3/t14-/m0/s1. The van der Waals surface area contributed by atoms with Gasteiger partial charge in [-0.05, 0) is 37.8 Å². The summed E-state index contributed by atoms with van der Waals surface area (Å²) in [6, 6.07) is 6.40. The van der Waals surface area contributed by atoms with E-state index in [1.165, 1.54) is 32.4 Å². The second-order valence-corrected chi connectivity index (χ2v) is 6.89. The monoisotopic (exact) mass is 310 g/mol. The van der Waals surface area contributed by atoms with E-state index in [1.807, 2.05) is 0 Å². The van der Waals surface area contributed by atoms with Gasteiger partial charge in [0.2, 0.25) is 10.0 Å². The summed E-state index contributed by atoms with van der Waals surface area (Å²) in [6.45, 7) is 1.61. The highest BCUT2D eigenvalue weighted by atomic mass is 32.2. The van der Waals surface area contributed by atoms with Gasteiger partial charge in [0.1, 0.15) is 5.54 Å². The Bertz CT molecular complexity index is 677. The molecule has 0 heterocycles. The van der Waals surface area contributed by atoms with Crippen LogP contribution in [0.5, 0.6) is 11.5 Å². The summed E-state index contributed by atoms with van der Waals surface area (Å²) in [5.41, 5.74) is -1.08. The zero-order valence-electron chi connectivity index (χ0n) is 12.2. The summed E-state index contributed by atoms with van der Waals surface area (Å²) in [6.07, 6.45) is 1.72. The Morgan fingerprint density at radius 2 is 1.90 bits per heavy atom. The molecular formula is C14H18N2O4S. The van der Waals surface area contributed by atoms with Gasteiger partial charge >= 0.3 is 0 Å². The van der Waals surface area contributed by atoms with Gasteiger partial charge in [-0.2, -0.15) is 9.98 Å². The van der Waals surface area contributed by atoms with Crippen LogP contribution in [-0.4, -0.2) is 28.2 Å². The molecule has 1 aromatic carbocycles. The molecule has 1 fully saturated rings. The lowest BCUT2D eigenvalue weighted by Crippen LogP contribution is -2.46. The van der Waals surface area contributed by atoms with Crippen molar-refractivity contribution in [2.24, 2.45) is 5.92 Å². The van der Waals surface area contributed by atoms with Crippen molar-refractivity contribution in [3.05, 3.63) is 18.2 Å². The van der Waals surface area contributed by atoms with E-state index in [0.717, 1.165) is 12.8 Å². The third-order valence-corrected chi connectivity index (χ3v) is 5.21. The number of ether oxygens (including phenoxy) is 2. The number of hydrogen-bond donors (Lipinski definition) is 1. The topological polar surface area (TPSA) is 88.4 Å². The average molecular weight is 310 g/mol. The Labute approximate surface area is 124 Å². The first-order chi connectivity index (χ1) is 9.86. The van der Waals surface area contributed by atoms with Gasteiger partial charge in [-0.3, -0.25) is 0 Å². The minimum atomic E-state index is -3.80. The Hall–Kier alpha value is -1.78. The van der Waals surface area contributed by atoms with Gasteiger partial charge in [0, 0.05) is 6.07 Å². The van der Waals surface area contributed by atoms with Crippen LogP contribution in [0.3, 0.4) is 0 Å². The SMILES string of the molecule is COc1ccc(S(=O)(=O)N[C@@](C)(C#N)C2CC2)cc1OC. The highest BCUT2D eigenvalue weighted by Crippen LogP contribution is 2.40. The largest absolute Gasteiger partial charge is 0.493 e. The van der Waals surface area contributed by atoms with Crippen LogP contribution in [-0.2, 0) is 10.0 Å². The molecule has 1 saturated carbocycles. The Morgan fingerprint density at radius 3 is 2.38 bits per heavy atom. The summed E-state index contributed by atoms with van der Waals surface area (Å²) in [4.78, 5) is 0.0438. The second kappa shape index (κ2) is 5.54. The van der Waals surface area contributed by atoms with Gasteiger partial charge < -0.3 is 9.47 Å². The van der Waals surface area contributed by atoms with Crippen molar-refractivity contribution in [1.82, 2.24) is 4.72 Å². The lowest BCUT2D eigenvalue weighted by molar-refractivity contribution is 0.353. The van der Waals surface area contributed by atoms with Gasteiger partial charge in [-0.25, -0.2) is 8.42 Å². The van der Waals surface area contributed by atoms with E-state index in [2.05, 4.69) is 10.8 Å². The van der Waals surface area contributed by atoms with Crippen molar-refractivity contribution >= 4 is 10.0 Å². The first kappa shape index (κ1) is 15.6. The van der Waals surface area contributed by atoms with Gasteiger partial charge in [0.25, 0.3) is 0 Å².